The van der Waals surface area contributed by atoms with Crippen molar-refractivity contribution in [3.63, 3.8) is 0 Å². The molecule has 0 unspecified atom stereocenters. The summed E-state index contributed by atoms with van der Waals surface area (Å²) in [6, 6.07) is 9.13. The largest absolute Gasteiger partial charge is 0.342 e. The van der Waals surface area contributed by atoms with E-state index in [2.05, 4.69) is 43.1 Å². The zero-order valence-electron chi connectivity index (χ0n) is 14.5. The fourth-order valence-electron chi connectivity index (χ4n) is 5.88. The zero-order chi connectivity index (χ0) is 16.0. The van der Waals surface area contributed by atoms with Crippen molar-refractivity contribution < 1.29 is 4.79 Å². The van der Waals surface area contributed by atoms with Gasteiger partial charge < -0.3 is 4.90 Å². The van der Waals surface area contributed by atoms with Gasteiger partial charge in [-0.1, -0.05) is 29.8 Å². The van der Waals surface area contributed by atoms with Crippen LogP contribution in [0.4, 0.5) is 0 Å². The van der Waals surface area contributed by atoms with Crippen molar-refractivity contribution in [3.05, 3.63) is 35.4 Å². The van der Waals surface area contributed by atoms with Crippen molar-refractivity contribution in [2.45, 2.75) is 57.9 Å². The fraction of sp³-hybridized carbons (Fsp3) is 0.667. The Balaban J connectivity index is 1.37. The van der Waals surface area contributed by atoms with E-state index in [0.717, 1.165) is 30.1 Å². The zero-order valence-corrected chi connectivity index (χ0v) is 14.5. The summed E-state index contributed by atoms with van der Waals surface area (Å²) < 4.78 is 0. The van der Waals surface area contributed by atoms with Crippen LogP contribution < -0.4 is 0 Å². The second kappa shape index (κ2) is 5.96. The summed E-state index contributed by atoms with van der Waals surface area (Å²) in [5.41, 5.74) is 2.56. The first-order chi connectivity index (χ1) is 11.1. The summed E-state index contributed by atoms with van der Waals surface area (Å²) in [6.45, 7) is 2.11. The molecule has 0 heterocycles. The van der Waals surface area contributed by atoms with Crippen LogP contribution >= 0.6 is 0 Å². The first kappa shape index (κ1) is 15.2. The number of nitrogens with zero attached hydrogens (tertiary/aromatic N) is 1. The molecule has 5 rings (SSSR count). The van der Waals surface area contributed by atoms with Gasteiger partial charge >= 0.3 is 0 Å². The third kappa shape index (κ3) is 2.93. The van der Waals surface area contributed by atoms with Crippen LogP contribution in [0.15, 0.2) is 24.3 Å². The minimum Gasteiger partial charge on any atom is -0.342 e. The minimum absolute atomic E-state index is 0.350. The molecule has 1 aromatic rings. The predicted molar refractivity (Wildman–Crippen MR) is 93.1 cm³/mol. The van der Waals surface area contributed by atoms with Crippen molar-refractivity contribution >= 4 is 5.91 Å². The summed E-state index contributed by atoms with van der Waals surface area (Å²) >= 11 is 0. The van der Waals surface area contributed by atoms with E-state index in [4.69, 9.17) is 0 Å². The second-order valence-corrected chi connectivity index (χ2v) is 8.41. The predicted octanol–water partition coefficient (Wildman–Crippen LogP) is 4.21. The summed E-state index contributed by atoms with van der Waals surface area (Å²) in [6.07, 6.45) is 8.53. The Bertz CT molecular complexity index is 548. The number of rotatable bonds is 4. The van der Waals surface area contributed by atoms with Crippen LogP contribution in [0.3, 0.4) is 0 Å². The standard InChI is InChI=1S/C21H29NO/c1-14-3-5-15(6-4-14)7-8-20(23)22(2)21-18-10-16-9-17(12-18)13-19(21)11-16/h3-6,16-19,21H,7-13H2,1-2H3. The van der Waals surface area contributed by atoms with Crippen molar-refractivity contribution in [2.75, 3.05) is 7.05 Å². The molecule has 0 aromatic heterocycles. The van der Waals surface area contributed by atoms with Crippen LogP contribution in [0.2, 0.25) is 0 Å². The monoisotopic (exact) mass is 311 g/mol. The molecule has 124 valence electrons. The average molecular weight is 311 g/mol. The molecule has 23 heavy (non-hydrogen) atoms. The maximum Gasteiger partial charge on any atom is 0.222 e. The topological polar surface area (TPSA) is 20.3 Å². The highest BCUT2D eigenvalue weighted by atomic mass is 16.2. The first-order valence-electron chi connectivity index (χ1n) is 9.41. The molecule has 0 saturated heterocycles. The average Bonchev–Trinajstić information content (AvgIpc) is 2.53. The molecule has 2 heteroatoms. The van der Waals surface area contributed by atoms with E-state index in [1.54, 1.807) is 0 Å². The SMILES string of the molecule is Cc1ccc(CCC(=O)N(C)C2C3CC4CC(C3)CC2C4)cc1. The lowest BCUT2D eigenvalue weighted by atomic mass is 9.54. The van der Waals surface area contributed by atoms with Crippen molar-refractivity contribution in [1.29, 1.82) is 0 Å². The Labute approximate surface area is 140 Å². The van der Waals surface area contributed by atoms with E-state index in [9.17, 15) is 4.79 Å². The number of hydrogen-bond acceptors (Lipinski definition) is 1. The number of hydrogen-bond donors (Lipinski definition) is 0. The maximum absolute atomic E-state index is 12.7. The van der Waals surface area contributed by atoms with E-state index < -0.39 is 0 Å². The van der Waals surface area contributed by atoms with E-state index >= 15 is 0 Å². The highest BCUT2D eigenvalue weighted by Crippen LogP contribution is 2.55. The number of carbonyl (C=O) groups excluding carboxylic acids is 1. The number of amides is 1. The quantitative estimate of drug-likeness (QED) is 0.815. The van der Waals surface area contributed by atoms with Crippen molar-refractivity contribution in [2.24, 2.45) is 23.7 Å². The van der Waals surface area contributed by atoms with Gasteiger partial charge in [0.15, 0.2) is 0 Å². The lowest BCUT2D eigenvalue weighted by molar-refractivity contribution is -0.141. The Hall–Kier alpha value is -1.31. The van der Waals surface area contributed by atoms with Gasteiger partial charge in [0.05, 0.1) is 0 Å². The number of aryl methyl sites for hydroxylation is 2. The van der Waals surface area contributed by atoms with Crippen LogP contribution in [0.5, 0.6) is 0 Å². The number of carbonyl (C=O) groups is 1. The Kier molecular flexibility index (Phi) is 3.95. The molecule has 4 fully saturated rings. The van der Waals surface area contributed by atoms with Gasteiger partial charge in [-0.2, -0.15) is 0 Å². The Morgan fingerprint density at radius 2 is 1.57 bits per heavy atom. The summed E-state index contributed by atoms with van der Waals surface area (Å²) in [5.74, 6) is 3.89. The van der Waals surface area contributed by atoms with E-state index in [1.165, 1.54) is 43.2 Å². The molecule has 0 N–H and O–H groups in total. The number of benzene rings is 1. The molecule has 1 aromatic carbocycles. The molecule has 0 radical (unpaired) electrons. The van der Waals surface area contributed by atoms with Crippen LogP contribution in [0.1, 0.15) is 49.7 Å². The highest BCUT2D eigenvalue weighted by Gasteiger charge is 2.50. The lowest BCUT2D eigenvalue weighted by Crippen LogP contribution is -2.56. The van der Waals surface area contributed by atoms with Crippen LogP contribution in [-0.4, -0.2) is 23.9 Å². The summed E-state index contributed by atoms with van der Waals surface area (Å²) in [7, 11) is 2.07. The van der Waals surface area contributed by atoms with Crippen LogP contribution in [0.25, 0.3) is 0 Å². The second-order valence-electron chi connectivity index (χ2n) is 8.41. The Morgan fingerprint density at radius 3 is 2.13 bits per heavy atom. The van der Waals surface area contributed by atoms with Crippen molar-refractivity contribution in [1.82, 2.24) is 4.90 Å². The molecule has 0 aliphatic heterocycles. The van der Waals surface area contributed by atoms with E-state index in [0.29, 0.717) is 18.4 Å². The van der Waals surface area contributed by atoms with Crippen LogP contribution in [-0.2, 0) is 11.2 Å². The molecule has 0 atom stereocenters. The lowest BCUT2D eigenvalue weighted by Gasteiger charge is -2.56. The molecule has 2 nitrogen and oxygen atoms in total. The van der Waals surface area contributed by atoms with Crippen molar-refractivity contribution in [3.8, 4) is 0 Å². The highest BCUT2D eigenvalue weighted by molar-refractivity contribution is 5.76. The first-order valence-corrected chi connectivity index (χ1v) is 9.41. The molecule has 4 saturated carbocycles. The molecule has 4 aliphatic carbocycles. The summed E-state index contributed by atoms with van der Waals surface area (Å²) in [5, 5.41) is 0. The molecule has 0 spiro atoms. The van der Waals surface area contributed by atoms with E-state index in [-0.39, 0.29) is 0 Å². The molecule has 4 aliphatic rings. The van der Waals surface area contributed by atoms with Gasteiger partial charge in [-0.25, -0.2) is 0 Å². The molecular formula is C21H29NO. The Morgan fingerprint density at radius 1 is 1.00 bits per heavy atom. The summed E-state index contributed by atoms with van der Waals surface area (Å²) in [4.78, 5) is 14.9. The minimum atomic E-state index is 0.350. The fourth-order valence-corrected chi connectivity index (χ4v) is 5.88. The third-order valence-electron chi connectivity index (χ3n) is 6.77. The van der Waals surface area contributed by atoms with E-state index in [1.807, 2.05) is 0 Å². The molecule has 1 amide bonds. The normalized spacial score (nSPS) is 34.6. The smallest absolute Gasteiger partial charge is 0.222 e. The van der Waals surface area contributed by atoms with Gasteiger partial charge in [-0.05, 0) is 74.7 Å². The molecular weight excluding hydrogens is 282 g/mol. The van der Waals surface area contributed by atoms with Gasteiger partial charge in [0.1, 0.15) is 0 Å². The maximum atomic E-state index is 12.7. The van der Waals surface area contributed by atoms with Gasteiger partial charge in [-0.3, -0.25) is 4.79 Å². The van der Waals surface area contributed by atoms with Gasteiger partial charge in [0, 0.05) is 19.5 Å². The van der Waals surface area contributed by atoms with Gasteiger partial charge in [0.25, 0.3) is 0 Å². The van der Waals surface area contributed by atoms with Gasteiger partial charge in [0.2, 0.25) is 5.91 Å². The van der Waals surface area contributed by atoms with Gasteiger partial charge in [-0.15, -0.1) is 0 Å². The third-order valence-corrected chi connectivity index (χ3v) is 6.77. The molecule has 4 bridgehead atoms. The van der Waals surface area contributed by atoms with Crippen LogP contribution in [0, 0.1) is 30.6 Å².